The van der Waals surface area contributed by atoms with Crippen LogP contribution in [0.15, 0.2) is 12.1 Å². The third-order valence-electron chi connectivity index (χ3n) is 2.92. The zero-order valence-electron chi connectivity index (χ0n) is 9.95. The Kier molecular flexibility index (Phi) is 4.49. The zero-order valence-corrected chi connectivity index (χ0v) is 13.0. The van der Waals surface area contributed by atoms with Gasteiger partial charge in [0, 0.05) is 35.6 Å². The summed E-state index contributed by atoms with van der Waals surface area (Å²) in [7, 11) is 1.47. The maximum atomic E-state index is 13.5. The van der Waals surface area contributed by atoms with Gasteiger partial charge in [-0.1, -0.05) is 23.2 Å². The van der Waals surface area contributed by atoms with E-state index in [1.807, 2.05) is 0 Å². The van der Waals surface area contributed by atoms with Crippen molar-refractivity contribution in [3.8, 4) is 0 Å². The number of benzene rings is 1. The number of rotatable bonds is 3. The summed E-state index contributed by atoms with van der Waals surface area (Å²) in [4.78, 5) is 13.1. The van der Waals surface area contributed by atoms with Gasteiger partial charge in [-0.25, -0.2) is 12.8 Å². The van der Waals surface area contributed by atoms with Crippen LogP contribution in [0.5, 0.6) is 0 Å². The van der Waals surface area contributed by atoms with E-state index in [4.69, 9.17) is 33.9 Å². The summed E-state index contributed by atoms with van der Waals surface area (Å²) in [5.74, 6) is -1.80. The third-order valence-corrected chi connectivity index (χ3v) is 4.76. The maximum absolute atomic E-state index is 13.5. The Morgan fingerprint density at radius 2 is 1.95 bits per heavy atom. The fourth-order valence-corrected chi connectivity index (χ4v) is 3.93. The van der Waals surface area contributed by atoms with Gasteiger partial charge in [0.1, 0.15) is 5.82 Å². The monoisotopic (exact) mass is 359 g/mol. The van der Waals surface area contributed by atoms with Crippen LogP contribution < -0.4 is 4.90 Å². The summed E-state index contributed by atoms with van der Waals surface area (Å²) in [5.41, 5.74) is 0.174. The normalized spacial score (nSPS) is 19.7. The Labute approximate surface area is 129 Å². The minimum atomic E-state index is -3.70. The standard InChI is InChI=1S/C11H9Cl3FNO3S/c12-7-2-8(13)10(3-9(7)15)16-4-6(1-11(16)17)5-20(14,18)19/h2-3,6H,1,4-5H2. The van der Waals surface area contributed by atoms with Crippen molar-refractivity contribution in [2.24, 2.45) is 5.92 Å². The zero-order chi connectivity index (χ0) is 15.1. The molecule has 1 unspecified atom stereocenters. The molecule has 1 amide bonds. The van der Waals surface area contributed by atoms with Crippen LogP contribution in [0, 0.1) is 11.7 Å². The average molecular weight is 361 g/mol. The number of halogens is 4. The highest BCUT2D eigenvalue weighted by atomic mass is 35.7. The van der Waals surface area contributed by atoms with E-state index in [1.165, 1.54) is 11.0 Å². The molecule has 110 valence electrons. The van der Waals surface area contributed by atoms with E-state index in [2.05, 4.69) is 0 Å². The van der Waals surface area contributed by atoms with Gasteiger partial charge in [0.2, 0.25) is 15.0 Å². The predicted molar refractivity (Wildman–Crippen MR) is 76.5 cm³/mol. The minimum Gasteiger partial charge on any atom is -0.310 e. The van der Waals surface area contributed by atoms with Crippen LogP contribution in [0.3, 0.4) is 0 Å². The smallest absolute Gasteiger partial charge is 0.232 e. The molecule has 1 aliphatic rings. The molecule has 1 atom stereocenters. The minimum absolute atomic E-state index is 0.0204. The molecule has 1 saturated heterocycles. The third kappa shape index (κ3) is 3.55. The van der Waals surface area contributed by atoms with Crippen molar-refractivity contribution in [2.45, 2.75) is 6.42 Å². The second-order valence-corrected chi connectivity index (χ2v) is 8.13. The van der Waals surface area contributed by atoms with Gasteiger partial charge in [-0.2, -0.15) is 0 Å². The SMILES string of the molecule is O=C1CC(CS(=O)(=O)Cl)CN1c1cc(F)c(Cl)cc1Cl. The van der Waals surface area contributed by atoms with Crippen molar-refractivity contribution in [1.29, 1.82) is 0 Å². The highest BCUT2D eigenvalue weighted by Crippen LogP contribution is 2.35. The van der Waals surface area contributed by atoms with Crippen LogP contribution in [-0.4, -0.2) is 26.6 Å². The van der Waals surface area contributed by atoms with Crippen molar-refractivity contribution < 1.29 is 17.6 Å². The van der Waals surface area contributed by atoms with E-state index in [0.717, 1.165) is 6.07 Å². The number of anilines is 1. The molecule has 0 radical (unpaired) electrons. The molecule has 0 spiro atoms. The van der Waals surface area contributed by atoms with Crippen molar-refractivity contribution in [1.82, 2.24) is 0 Å². The number of amides is 1. The molecule has 1 fully saturated rings. The molecular formula is C11H9Cl3FNO3S. The summed E-state index contributed by atoms with van der Waals surface area (Å²) in [6.07, 6.45) is 0.0204. The van der Waals surface area contributed by atoms with Crippen molar-refractivity contribution in [3.05, 3.63) is 28.0 Å². The summed E-state index contributed by atoms with van der Waals surface area (Å²) in [6, 6.07) is 2.26. The number of hydrogen-bond donors (Lipinski definition) is 0. The highest BCUT2D eigenvalue weighted by Gasteiger charge is 2.34. The first-order valence-electron chi connectivity index (χ1n) is 5.54. The van der Waals surface area contributed by atoms with Crippen LogP contribution in [0.4, 0.5) is 10.1 Å². The molecule has 0 N–H and O–H groups in total. The molecule has 4 nitrogen and oxygen atoms in total. The van der Waals surface area contributed by atoms with Crippen LogP contribution in [-0.2, 0) is 13.8 Å². The van der Waals surface area contributed by atoms with E-state index < -0.39 is 20.8 Å². The molecule has 1 heterocycles. The highest BCUT2D eigenvalue weighted by molar-refractivity contribution is 8.13. The molecular weight excluding hydrogens is 352 g/mol. The van der Waals surface area contributed by atoms with Crippen LogP contribution in [0.1, 0.15) is 6.42 Å². The van der Waals surface area contributed by atoms with Gasteiger partial charge in [-0.3, -0.25) is 4.79 Å². The van der Waals surface area contributed by atoms with Crippen LogP contribution in [0.25, 0.3) is 0 Å². The van der Waals surface area contributed by atoms with E-state index >= 15 is 0 Å². The van der Waals surface area contributed by atoms with Gasteiger partial charge in [0.15, 0.2) is 0 Å². The second-order valence-electron chi connectivity index (χ2n) is 4.50. The molecule has 2 rings (SSSR count). The number of carbonyl (C=O) groups excluding carboxylic acids is 1. The van der Waals surface area contributed by atoms with Gasteiger partial charge in [0.25, 0.3) is 0 Å². The fourth-order valence-electron chi connectivity index (χ4n) is 2.13. The van der Waals surface area contributed by atoms with Crippen LogP contribution >= 0.6 is 33.9 Å². The Bertz CT molecular complexity index is 665. The summed E-state index contributed by atoms with van der Waals surface area (Å²) >= 11 is 11.5. The molecule has 20 heavy (non-hydrogen) atoms. The van der Waals surface area contributed by atoms with E-state index in [9.17, 15) is 17.6 Å². The molecule has 1 aromatic carbocycles. The van der Waals surface area contributed by atoms with Gasteiger partial charge in [0.05, 0.1) is 21.5 Å². The number of hydrogen-bond acceptors (Lipinski definition) is 3. The quantitative estimate of drug-likeness (QED) is 0.615. The van der Waals surface area contributed by atoms with Gasteiger partial charge in [-0.05, 0) is 6.07 Å². The van der Waals surface area contributed by atoms with Gasteiger partial charge >= 0.3 is 0 Å². The molecule has 0 bridgehead atoms. The lowest BCUT2D eigenvalue weighted by Gasteiger charge is -2.18. The molecule has 0 saturated carbocycles. The van der Waals surface area contributed by atoms with Crippen molar-refractivity contribution >= 4 is 54.5 Å². The van der Waals surface area contributed by atoms with E-state index in [0.29, 0.717) is 0 Å². The molecule has 1 aromatic rings. The fraction of sp³-hybridized carbons (Fsp3) is 0.364. The molecule has 0 aliphatic carbocycles. The molecule has 1 aliphatic heterocycles. The first-order valence-corrected chi connectivity index (χ1v) is 8.78. The first kappa shape index (κ1) is 15.8. The lowest BCUT2D eigenvalue weighted by atomic mass is 10.1. The summed E-state index contributed by atoms with van der Waals surface area (Å²) in [5, 5.41) is -0.0237. The lowest BCUT2D eigenvalue weighted by molar-refractivity contribution is -0.117. The van der Waals surface area contributed by atoms with Gasteiger partial charge in [-0.15, -0.1) is 0 Å². The molecule has 0 aromatic heterocycles. The van der Waals surface area contributed by atoms with Crippen molar-refractivity contribution in [3.63, 3.8) is 0 Å². The Morgan fingerprint density at radius 3 is 2.55 bits per heavy atom. The summed E-state index contributed by atoms with van der Waals surface area (Å²) in [6.45, 7) is 0.117. The summed E-state index contributed by atoms with van der Waals surface area (Å²) < 4.78 is 35.5. The Morgan fingerprint density at radius 1 is 1.30 bits per heavy atom. The topological polar surface area (TPSA) is 54.5 Å². The Balaban J connectivity index is 2.26. The van der Waals surface area contributed by atoms with Gasteiger partial charge < -0.3 is 4.90 Å². The predicted octanol–water partition coefficient (Wildman–Crippen LogP) is 3.05. The van der Waals surface area contributed by atoms with Crippen molar-refractivity contribution in [2.75, 3.05) is 17.2 Å². The number of nitrogens with zero attached hydrogens (tertiary/aromatic N) is 1. The average Bonchev–Trinajstić information content (AvgIpc) is 2.62. The second kappa shape index (κ2) is 5.67. The lowest BCUT2D eigenvalue weighted by Crippen LogP contribution is -2.25. The van der Waals surface area contributed by atoms with E-state index in [1.54, 1.807) is 0 Å². The molecule has 9 heteroatoms. The van der Waals surface area contributed by atoms with E-state index in [-0.39, 0.29) is 40.4 Å². The Hall–Kier alpha value is -0.560. The first-order chi connectivity index (χ1) is 9.17. The number of carbonyl (C=O) groups is 1. The largest absolute Gasteiger partial charge is 0.310 e. The maximum Gasteiger partial charge on any atom is 0.232 e. The van der Waals surface area contributed by atoms with Crippen LogP contribution in [0.2, 0.25) is 10.0 Å².